The van der Waals surface area contributed by atoms with Gasteiger partial charge in [-0.1, -0.05) is 76.2 Å². The summed E-state index contributed by atoms with van der Waals surface area (Å²) in [6.45, 7) is 10.5. The Kier molecular flexibility index (Phi) is 7.55. The summed E-state index contributed by atoms with van der Waals surface area (Å²) in [5, 5.41) is 0.434. The van der Waals surface area contributed by atoms with Crippen LogP contribution in [-0.4, -0.2) is 23.0 Å². The van der Waals surface area contributed by atoms with Crippen LogP contribution in [0, 0.1) is 0 Å². The zero-order valence-corrected chi connectivity index (χ0v) is 19.3. The first kappa shape index (κ1) is 23.5. The van der Waals surface area contributed by atoms with E-state index in [2.05, 4.69) is 23.7 Å². The SMILES string of the molecule is CCc1cccc(C(C)c2sc(-c3ccccc3CN(CC)CC)nc2C(F)(F)F)c1. The van der Waals surface area contributed by atoms with E-state index in [-0.39, 0.29) is 10.8 Å². The second kappa shape index (κ2) is 9.96. The van der Waals surface area contributed by atoms with Crippen molar-refractivity contribution in [2.24, 2.45) is 0 Å². The van der Waals surface area contributed by atoms with Gasteiger partial charge in [-0.2, -0.15) is 13.2 Å². The average molecular weight is 447 g/mol. The highest BCUT2D eigenvalue weighted by Gasteiger charge is 2.39. The van der Waals surface area contributed by atoms with Crippen molar-refractivity contribution in [3.8, 4) is 10.6 Å². The van der Waals surface area contributed by atoms with Crippen LogP contribution >= 0.6 is 11.3 Å². The van der Waals surface area contributed by atoms with Crippen molar-refractivity contribution in [3.05, 3.63) is 75.8 Å². The number of aromatic nitrogens is 1. The van der Waals surface area contributed by atoms with Gasteiger partial charge in [0, 0.05) is 22.9 Å². The van der Waals surface area contributed by atoms with Crippen molar-refractivity contribution < 1.29 is 13.2 Å². The van der Waals surface area contributed by atoms with Crippen LogP contribution in [0.25, 0.3) is 10.6 Å². The van der Waals surface area contributed by atoms with E-state index < -0.39 is 11.9 Å². The van der Waals surface area contributed by atoms with E-state index in [1.54, 1.807) is 0 Å². The smallest absolute Gasteiger partial charge is 0.300 e. The van der Waals surface area contributed by atoms with Gasteiger partial charge in [0.25, 0.3) is 0 Å². The summed E-state index contributed by atoms with van der Waals surface area (Å²) >= 11 is 1.16. The van der Waals surface area contributed by atoms with E-state index in [9.17, 15) is 13.2 Å². The molecule has 0 amide bonds. The molecule has 0 fully saturated rings. The molecule has 166 valence electrons. The molecule has 0 spiro atoms. The summed E-state index contributed by atoms with van der Waals surface area (Å²) in [4.78, 5) is 6.65. The molecule has 2 aromatic carbocycles. The van der Waals surface area contributed by atoms with Crippen LogP contribution in [0.1, 0.15) is 60.9 Å². The minimum atomic E-state index is -4.49. The number of hydrogen-bond acceptors (Lipinski definition) is 3. The minimum absolute atomic E-state index is 0.272. The van der Waals surface area contributed by atoms with Gasteiger partial charge >= 0.3 is 6.18 Å². The molecule has 0 saturated carbocycles. The topological polar surface area (TPSA) is 16.1 Å². The van der Waals surface area contributed by atoms with E-state index in [1.807, 2.05) is 62.4 Å². The zero-order chi connectivity index (χ0) is 22.6. The highest BCUT2D eigenvalue weighted by molar-refractivity contribution is 7.15. The molecule has 0 aliphatic carbocycles. The number of alkyl halides is 3. The maximum Gasteiger partial charge on any atom is 0.434 e. The lowest BCUT2D eigenvalue weighted by atomic mass is 9.96. The molecule has 1 heterocycles. The number of nitrogens with zero attached hydrogens (tertiary/aromatic N) is 2. The molecule has 0 bridgehead atoms. The third kappa shape index (κ3) is 5.36. The van der Waals surface area contributed by atoms with Gasteiger partial charge in [-0.05, 0) is 36.2 Å². The summed E-state index contributed by atoms with van der Waals surface area (Å²) < 4.78 is 41.9. The van der Waals surface area contributed by atoms with Crippen LogP contribution in [-0.2, 0) is 19.1 Å². The lowest BCUT2D eigenvalue weighted by Gasteiger charge is -2.19. The van der Waals surface area contributed by atoms with Gasteiger partial charge in [0.05, 0.1) is 0 Å². The van der Waals surface area contributed by atoms with Gasteiger partial charge in [0.15, 0.2) is 5.69 Å². The Morgan fingerprint density at radius 3 is 2.35 bits per heavy atom. The Balaban J connectivity index is 2.08. The maximum atomic E-state index is 14.0. The van der Waals surface area contributed by atoms with Crippen molar-refractivity contribution in [2.45, 2.75) is 52.8 Å². The first-order chi connectivity index (χ1) is 14.8. The quantitative estimate of drug-likeness (QED) is 0.359. The highest BCUT2D eigenvalue weighted by Crippen LogP contribution is 2.43. The maximum absolute atomic E-state index is 14.0. The molecule has 0 radical (unpaired) electrons. The molecular formula is C25H29F3N2S. The Hall–Kier alpha value is -2.18. The molecule has 1 atom stereocenters. The van der Waals surface area contributed by atoms with Crippen LogP contribution in [0.4, 0.5) is 13.2 Å². The fourth-order valence-corrected chi connectivity index (χ4v) is 4.96. The van der Waals surface area contributed by atoms with E-state index in [4.69, 9.17) is 0 Å². The summed E-state index contributed by atoms with van der Waals surface area (Å²) in [7, 11) is 0. The van der Waals surface area contributed by atoms with Crippen molar-refractivity contribution in [2.75, 3.05) is 13.1 Å². The summed E-state index contributed by atoms with van der Waals surface area (Å²) in [6, 6.07) is 15.5. The van der Waals surface area contributed by atoms with Crippen LogP contribution in [0.15, 0.2) is 48.5 Å². The summed E-state index contributed by atoms with van der Waals surface area (Å²) in [5.74, 6) is -0.385. The number of hydrogen-bond donors (Lipinski definition) is 0. The first-order valence-corrected chi connectivity index (χ1v) is 11.6. The standard InChI is InChI=1S/C25H29F3N2S/c1-5-18-11-10-13-19(15-18)17(4)22-23(25(26,27)28)29-24(31-22)21-14-9-8-12-20(21)16-30(6-2)7-3/h8-15,17H,5-7,16H2,1-4H3. The Bertz CT molecular complexity index is 1010. The molecule has 3 rings (SSSR count). The molecule has 0 saturated heterocycles. The minimum Gasteiger partial charge on any atom is -0.300 e. The third-order valence-electron chi connectivity index (χ3n) is 5.71. The second-order valence-corrected chi connectivity index (χ2v) is 8.70. The van der Waals surface area contributed by atoms with Crippen LogP contribution in [0.5, 0.6) is 0 Å². The monoisotopic (exact) mass is 446 g/mol. The summed E-state index contributed by atoms with van der Waals surface area (Å²) in [6.07, 6.45) is -3.64. The zero-order valence-electron chi connectivity index (χ0n) is 18.5. The number of rotatable bonds is 8. The van der Waals surface area contributed by atoms with Gasteiger partial charge in [-0.15, -0.1) is 11.3 Å². The molecule has 0 aliphatic rings. The van der Waals surface area contributed by atoms with Gasteiger partial charge in [0.1, 0.15) is 5.01 Å². The van der Waals surface area contributed by atoms with E-state index in [0.717, 1.165) is 53.1 Å². The highest BCUT2D eigenvalue weighted by atomic mass is 32.1. The second-order valence-electron chi connectivity index (χ2n) is 7.67. The molecule has 3 aromatic rings. The van der Waals surface area contributed by atoms with Gasteiger partial charge in [-0.3, -0.25) is 4.90 Å². The van der Waals surface area contributed by atoms with Gasteiger partial charge < -0.3 is 0 Å². The largest absolute Gasteiger partial charge is 0.434 e. The van der Waals surface area contributed by atoms with E-state index in [1.165, 1.54) is 0 Å². The third-order valence-corrected chi connectivity index (χ3v) is 6.98. The van der Waals surface area contributed by atoms with Crippen LogP contribution in [0.3, 0.4) is 0 Å². The first-order valence-electron chi connectivity index (χ1n) is 10.8. The van der Waals surface area contributed by atoms with Crippen molar-refractivity contribution in [3.63, 3.8) is 0 Å². The predicted octanol–water partition coefficient (Wildman–Crippen LogP) is 7.38. The van der Waals surface area contributed by atoms with E-state index in [0.29, 0.717) is 11.6 Å². The van der Waals surface area contributed by atoms with Crippen LogP contribution < -0.4 is 0 Å². The lowest BCUT2D eigenvalue weighted by Crippen LogP contribution is -2.22. The lowest BCUT2D eigenvalue weighted by molar-refractivity contribution is -0.141. The molecule has 0 aliphatic heterocycles. The van der Waals surface area contributed by atoms with Crippen molar-refractivity contribution in [1.82, 2.24) is 9.88 Å². The number of thiazole rings is 1. The Morgan fingerprint density at radius 2 is 1.71 bits per heavy atom. The molecular weight excluding hydrogens is 417 g/mol. The number of benzene rings is 2. The van der Waals surface area contributed by atoms with Crippen molar-refractivity contribution >= 4 is 11.3 Å². The fraction of sp³-hybridized carbons (Fsp3) is 0.400. The van der Waals surface area contributed by atoms with Gasteiger partial charge in [0.2, 0.25) is 0 Å². The molecule has 2 nitrogen and oxygen atoms in total. The Labute approximate surface area is 186 Å². The average Bonchev–Trinajstić information content (AvgIpc) is 3.23. The fourth-order valence-electron chi connectivity index (χ4n) is 3.73. The molecule has 1 unspecified atom stereocenters. The number of halogens is 3. The molecule has 1 aromatic heterocycles. The normalized spacial score (nSPS) is 13.0. The molecule has 31 heavy (non-hydrogen) atoms. The summed E-state index contributed by atoms with van der Waals surface area (Å²) in [5.41, 5.74) is 3.02. The van der Waals surface area contributed by atoms with Crippen molar-refractivity contribution in [1.29, 1.82) is 0 Å². The number of aryl methyl sites for hydroxylation is 1. The Morgan fingerprint density at radius 1 is 1.00 bits per heavy atom. The predicted molar refractivity (Wildman–Crippen MR) is 123 cm³/mol. The van der Waals surface area contributed by atoms with Crippen LogP contribution in [0.2, 0.25) is 0 Å². The molecule has 0 N–H and O–H groups in total. The van der Waals surface area contributed by atoms with E-state index >= 15 is 0 Å². The molecule has 6 heteroatoms. The van der Waals surface area contributed by atoms with Gasteiger partial charge in [-0.25, -0.2) is 4.98 Å².